The van der Waals surface area contributed by atoms with Gasteiger partial charge in [-0.2, -0.15) is 0 Å². The molecule has 0 bridgehead atoms. The fourth-order valence-electron chi connectivity index (χ4n) is 2.29. The molecule has 1 aliphatic heterocycles. The highest BCUT2D eigenvalue weighted by molar-refractivity contribution is 9.11. The van der Waals surface area contributed by atoms with Crippen molar-refractivity contribution in [1.82, 2.24) is 9.62 Å². The Morgan fingerprint density at radius 2 is 2.25 bits per heavy atom. The van der Waals surface area contributed by atoms with E-state index in [4.69, 9.17) is 0 Å². The van der Waals surface area contributed by atoms with Gasteiger partial charge in [0.05, 0.1) is 8.68 Å². The van der Waals surface area contributed by atoms with Gasteiger partial charge in [0.2, 0.25) is 15.9 Å². The van der Waals surface area contributed by atoms with Gasteiger partial charge in [0.15, 0.2) is 0 Å². The standard InChI is InChI=1S/C12H17BrN2O3S2/c1-8(7-15-5-3-4-12(15)16)14-20(17,18)10-6-11(13)19-9(10)2/h6,8,14H,3-5,7H2,1-2H3. The second-order valence-corrected chi connectivity index (χ2v) is 9.25. The largest absolute Gasteiger partial charge is 0.341 e. The molecular weight excluding hydrogens is 364 g/mol. The molecule has 0 saturated carbocycles. The summed E-state index contributed by atoms with van der Waals surface area (Å²) in [5, 5.41) is 0. The van der Waals surface area contributed by atoms with E-state index in [2.05, 4.69) is 20.7 Å². The van der Waals surface area contributed by atoms with Crippen LogP contribution in [0.1, 0.15) is 24.6 Å². The second-order valence-electron chi connectivity index (χ2n) is 4.94. The minimum Gasteiger partial charge on any atom is -0.341 e. The minimum atomic E-state index is -3.54. The molecule has 1 saturated heterocycles. The van der Waals surface area contributed by atoms with Crippen LogP contribution in [0.5, 0.6) is 0 Å². The van der Waals surface area contributed by atoms with Crippen LogP contribution in [0.3, 0.4) is 0 Å². The molecule has 1 aliphatic rings. The van der Waals surface area contributed by atoms with E-state index in [0.717, 1.165) is 15.1 Å². The second kappa shape index (κ2) is 6.13. The third-order valence-electron chi connectivity index (χ3n) is 3.15. The van der Waals surface area contributed by atoms with Gasteiger partial charge in [-0.25, -0.2) is 13.1 Å². The molecule has 0 aliphatic carbocycles. The number of nitrogens with one attached hydrogen (secondary N) is 1. The molecule has 2 heterocycles. The summed E-state index contributed by atoms with van der Waals surface area (Å²) in [5.41, 5.74) is 0. The van der Waals surface area contributed by atoms with Crippen LogP contribution in [0, 0.1) is 6.92 Å². The number of thiophene rings is 1. The predicted octanol–water partition coefficient (Wildman–Crippen LogP) is 2.11. The van der Waals surface area contributed by atoms with Crippen molar-refractivity contribution in [2.24, 2.45) is 0 Å². The van der Waals surface area contributed by atoms with Crippen LogP contribution in [0.2, 0.25) is 0 Å². The average molecular weight is 381 g/mol. The van der Waals surface area contributed by atoms with Crippen LogP contribution in [-0.2, 0) is 14.8 Å². The van der Waals surface area contributed by atoms with E-state index in [9.17, 15) is 13.2 Å². The summed E-state index contributed by atoms with van der Waals surface area (Å²) in [5.74, 6) is 0.102. The minimum absolute atomic E-state index is 0.102. The summed E-state index contributed by atoms with van der Waals surface area (Å²) in [4.78, 5) is 14.3. The lowest BCUT2D eigenvalue weighted by Gasteiger charge is -2.21. The van der Waals surface area contributed by atoms with Crippen molar-refractivity contribution in [3.63, 3.8) is 0 Å². The van der Waals surface area contributed by atoms with Crippen LogP contribution >= 0.6 is 27.3 Å². The van der Waals surface area contributed by atoms with Crippen LogP contribution in [0.4, 0.5) is 0 Å². The molecule has 8 heteroatoms. The number of aryl methyl sites for hydroxylation is 1. The van der Waals surface area contributed by atoms with Gasteiger partial charge in [-0.15, -0.1) is 11.3 Å². The van der Waals surface area contributed by atoms with E-state index < -0.39 is 10.0 Å². The zero-order valence-corrected chi connectivity index (χ0v) is 14.6. The lowest BCUT2D eigenvalue weighted by Crippen LogP contribution is -2.42. The molecule has 0 spiro atoms. The molecule has 1 amide bonds. The SMILES string of the molecule is Cc1sc(Br)cc1S(=O)(=O)NC(C)CN1CCCC1=O. The zero-order chi connectivity index (χ0) is 14.9. The number of carbonyl (C=O) groups is 1. The smallest absolute Gasteiger partial charge is 0.242 e. The van der Waals surface area contributed by atoms with Crippen molar-refractivity contribution in [2.45, 2.75) is 37.6 Å². The Bertz CT molecular complexity index is 612. The van der Waals surface area contributed by atoms with Crippen molar-refractivity contribution in [1.29, 1.82) is 0 Å². The summed E-state index contributed by atoms with van der Waals surface area (Å²) >= 11 is 4.68. The average Bonchev–Trinajstić information content (AvgIpc) is 2.85. The predicted molar refractivity (Wildman–Crippen MR) is 82.4 cm³/mol. The maximum Gasteiger partial charge on any atom is 0.242 e. The van der Waals surface area contributed by atoms with Gasteiger partial charge in [0, 0.05) is 30.4 Å². The first-order valence-corrected chi connectivity index (χ1v) is 9.45. The number of hydrogen-bond acceptors (Lipinski definition) is 4. The highest BCUT2D eigenvalue weighted by Gasteiger charge is 2.26. The fourth-order valence-corrected chi connectivity index (χ4v) is 5.94. The first-order valence-electron chi connectivity index (χ1n) is 6.35. The van der Waals surface area contributed by atoms with Crippen LogP contribution in [0.25, 0.3) is 0 Å². The zero-order valence-electron chi connectivity index (χ0n) is 11.3. The first-order chi connectivity index (χ1) is 9.29. The topological polar surface area (TPSA) is 66.5 Å². The number of likely N-dealkylation sites (tertiary alicyclic amines) is 1. The Morgan fingerprint density at radius 3 is 2.75 bits per heavy atom. The third-order valence-corrected chi connectivity index (χ3v) is 6.55. The van der Waals surface area contributed by atoms with E-state index >= 15 is 0 Å². The van der Waals surface area contributed by atoms with Gasteiger partial charge < -0.3 is 4.90 Å². The summed E-state index contributed by atoms with van der Waals surface area (Å²) in [6.07, 6.45) is 1.42. The normalized spacial score (nSPS) is 17.8. The Labute approximate surface area is 131 Å². The lowest BCUT2D eigenvalue weighted by atomic mass is 10.3. The Balaban J connectivity index is 2.04. The van der Waals surface area contributed by atoms with Gasteiger partial charge in [-0.1, -0.05) is 0 Å². The van der Waals surface area contributed by atoms with E-state index in [0.29, 0.717) is 24.4 Å². The molecule has 5 nitrogen and oxygen atoms in total. The molecule has 0 aromatic carbocycles. The fraction of sp³-hybridized carbons (Fsp3) is 0.583. The molecule has 112 valence electrons. The summed E-state index contributed by atoms with van der Waals surface area (Å²) in [6, 6.07) is 1.30. The molecule has 1 atom stereocenters. The van der Waals surface area contributed by atoms with Crippen molar-refractivity contribution < 1.29 is 13.2 Å². The van der Waals surface area contributed by atoms with E-state index in [1.54, 1.807) is 24.8 Å². The summed E-state index contributed by atoms with van der Waals surface area (Å²) in [7, 11) is -3.54. The lowest BCUT2D eigenvalue weighted by molar-refractivity contribution is -0.127. The maximum absolute atomic E-state index is 12.3. The van der Waals surface area contributed by atoms with Gasteiger partial charge in [-0.3, -0.25) is 4.79 Å². The molecule has 1 fully saturated rings. The first kappa shape index (κ1) is 15.9. The molecule has 20 heavy (non-hydrogen) atoms. The number of rotatable bonds is 5. The van der Waals surface area contributed by atoms with Crippen LogP contribution < -0.4 is 4.72 Å². The van der Waals surface area contributed by atoms with E-state index in [1.165, 1.54) is 11.3 Å². The van der Waals surface area contributed by atoms with Crippen molar-refractivity contribution in [3.05, 3.63) is 14.7 Å². The van der Waals surface area contributed by atoms with Crippen molar-refractivity contribution >= 4 is 43.2 Å². The summed E-state index contributed by atoms with van der Waals surface area (Å²) in [6.45, 7) is 4.69. The van der Waals surface area contributed by atoms with Crippen molar-refractivity contribution in [2.75, 3.05) is 13.1 Å². The molecule has 1 unspecified atom stereocenters. The molecule has 1 aromatic rings. The van der Waals surface area contributed by atoms with Gasteiger partial charge in [0.25, 0.3) is 0 Å². The maximum atomic E-state index is 12.3. The van der Waals surface area contributed by atoms with E-state index in [-0.39, 0.29) is 11.9 Å². The number of sulfonamides is 1. The molecular formula is C12H17BrN2O3S2. The monoisotopic (exact) mass is 380 g/mol. The van der Waals surface area contributed by atoms with Gasteiger partial charge in [0.1, 0.15) is 0 Å². The molecule has 2 rings (SSSR count). The molecule has 1 N–H and O–H groups in total. The Hall–Kier alpha value is -0.440. The van der Waals surface area contributed by atoms with Crippen LogP contribution in [-0.4, -0.2) is 38.4 Å². The number of nitrogens with zero attached hydrogens (tertiary/aromatic N) is 1. The molecule has 0 radical (unpaired) electrons. The number of amides is 1. The van der Waals surface area contributed by atoms with Crippen molar-refractivity contribution in [3.8, 4) is 0 Å². The van der Waals surface area contributed by atoms with Crippen LogP contribution in [0.15, 0.2) is 14.7 Å². The third kappa shape index (κ3) is 3.60. The Kier molecular flexibility index (Phi) is 4.88. The summed E-state index contributed by atoms with van der Waals surface area (Å²) < 4.78 is 28.0. The van der Waals surface area contributed by atoms with Gasteiger partial charge in [-0.05, 0) is 42.3 Å². The van der Waals surface area contributed by atoms with E-state index in [1.807, 2.05) is 0 Å². The van der Waals surface area contributed by atoms with Gasteiger partial charge >= 0.3 is 0 Å². The number of hydrogen-bond donors (Lipinski definition) is 1. The Morgan fingerprint density at radius 1 is 1.55 bits per heavy atom. The highest BCUT2D eigenvalue weighted by atomic mass is 79.9. The highest BCUT2D eigenvalue weighted by Crippen LogP contribution is 2.29. The number of carbonyl (C=O) groups excluding carboxylic acids is 1. The quantitative estimate of drug-likeness (QED) is 0.850. The molecule has 1 aromatic heterocycles. The number of halogens is 1.